The van der Waals surface area contributed by atoms with Crippen LogP contribution in [0.5, 0.6) is 23.0 Å². The average Bonchev–Trinajstić information content (AvgIpc) is 3.12. The second kappa shape index (κ2) is 16.1. The number of phenolic OH excluding ortho intramolecular Hbond substituents is 4. The van der Waals surface area contributed by atoms with Crippen LogP contribution in [0, 0.1) is 5.41 Å². The van der Waals surface area contributed by atoms with E-state index in [2.05, 4.69) is 0 Å². The van der Waals surface area contributed by atoms with Crippen LogP contribution in [-0.2, 0) is 41.4 Å². The Hall–Kier alpha value is -4.22. The number of rotatable bonds is 11. The van der Waals surface area contributed by atoms with Gasteiger partial charge in [-0.3, -0.25) is 4.79 Å². The summed E-state index contributed by atoms with van der Waals surface area (Å²) in [7, 11) is 0. The Morgan fingerprint density at radius 3 is 1.00 bits per heavy atom. The lowest BCUT2D eigenvalue weighted by Crippen LogP contribution is -2.55. The highest BCUT2D eigenvalue weighted by atomic mass is 32.1. The summed E-state index contributed by atoms with van der Waals surface area (Å²) in [5.41, 5.74) is -2.48. The second-order valence-electron chi connectivity index (χ2n) is 19.9. The number of phenols is 4. The lowest BCUT2D eigenvalue weighted by molar-refractivity contribution is -0.157. The van der Waals surface area contributed by atoms with E-state index >= 15 is 4.79 Å². The number of aliphatic hydroxyl groups excluding tert-OH is 3. The van der Waals surface area contributed by atoms with Gasteiger partial charge in [-0.05, 0) is 103 Å². The molecule has 4 rings (SSSR count). The molecule has 58 heavy (non-hydrogen) atoms. The van der Waals surface area contributed by atoms with Crippen molar-refractivity contribution in [2.75, 3.05) is 26.4 Å². The van der Waals surface area contributed by atoms with Gasteiger partial charge in [-0.2, -0.15) is 12.6 Å². The Balaban J connectivity index is 2.46. The standard InChI is InChI=1S/C48H64O9S/c1-42(2,3)33-21-29(13-17-37(33)52)47(41(56)57-28-46(25-49,26-50)27-51,30-14-18-38(53)34(22-30)43(4,5)6)48(58,31-15-19-39(54)35(23-31)44(7,8)9)32-16-20-40(55)36(24-32)45(10,11)12/h13-24,49-55,58H,25-28H2,1-12H3. The summed E-state index contributed by atoms with van der Waals surface area (Å²) in [4.78, 5) is 16.1. The van der Waals surface area contributed by atoms with Crippen LogP contribution in [0.4, 0.5) is 0 Å². The number of aliphatic hydroxyl groups is 3. The quantitative estimate of drug-likeness (QED) is 0.0548. The summed E-state index contributed by atoms with van der Waals surface area (Å²) < 4.78 is 4.48. The van der Waals surface area contributed by atoms with Crippen molar-refractivity contribution >= 4 is 18.6 Å². The van der Waals surface area contributed by atoms with E-state index in [-0.39, 0.29) is 23.0 Å². The highest BCUT2D eigenvalue weighted by Gasteiger charge is 2.61. The molecule has 9 nitrogen and oxygen atoms in total. The van der Waals surface area contributed by atoms with Crippen molar-refractivity contribution in [2.45, 2.75) is 115 Å². The molecule has 0 radical (unpaired) electrons. The third-order valence-corrected chi connectivity index (χ3v) is 12.1. The number of carbonyl (C=O) groups is 1. The number of esters is 1. The fraction of sp³-hybridized carbons (Fsp3) is 0.479. The first kappa shape index (κ1) is 46.5. The molecule has 0 aliphatic heterocycles. The van der Waals surface area contributed by atoms with E-state index in [9.17, 15) is 35.7 Å². The first-order valence-corrected chi connectivity index (χ1v) is 20.1. The fourth-order valence-corrected chi connectivity index (χ4v) is 8.27. The van der Waals surface area contributed by atoms with E-state index in [4.69, 9.17) is 17.4 Å². The predicted octanol–water partition coefficient (Wildman–Crippen LogP) is 8.37. The molecule has 4 aromatic rings. The molecule has 0 fully saturated rings. The molecule has 0 aliphatic rings. The van der Waals surface area contributed by atoms with E-state index in [1.54, 1.807) is 48.5 Å². The zero-order valence-electron chi connectivity index (χ0n) is 36.2. The number of ether oxygens (including phenoxy) is 1. The van der Waals surface area contributed by atoms with Gasteiger partial charge in [-0.1, -0.05) is 119 Å². The van der Waals surface area contributed by atoms with Crippen LogP contribution in [0.1, 0.15) is 128 Å². The van der Waals surface area contributed by atoms with E-state index in [1.165, 1.54) is 12.1 Å². The molecule has 0 aliphatic carbocycles. The topological polar surface area (TPSA) is 168 Å². The average molecular weight is 817 g/mol. The molecular formula is C48H64O9S. The first-order chi connectivity index (χ1) is 26.5. The lowest BCUT2D eigenvalue weighted by atomic mass is 9.59. The molecule has 0 atom stereocenters. The Labute approximate surface area is 349 Å². The highest BCUT2D eigenvalue weighted by Crippen LogP contribution is 2.59. The third kappa shape index (κ3) is 8.44. The van der Waals surface area contributed by atoms with Gasteiger partial charge in [0.1, 0.15) is 35.0 Å². The molecule has 7 N–H and O–H groups in total. The van der Waals surface area contributed by atoms with Gasteiger partial charge < -0.3 is 40.5 Å². The monoisotopic (exact) mass is 816 g/mol. The SMILES string of the molecule is CC(C)(C)c1cc(C(S)(c2ccc(O)c(C(C)(C)C)c2)C(C(=O)OCC(CO)(CO)CO)(c2ccc(O)c(C(C)(C)C)c2)c2ccc(O)c(C(C)(C)C)c2)ccc1O. The molecule has 0 saturated carbocycles. The summed E-state index contributed by atoms with van der Waals surface area (Å²) in [5, 5.41) is 76.6. The van der Waals surface area contributed by atoms with E-state index in [0.717, 1.165) is 0 Å². The highest BCUT2D eigenvalue weighted by molar-refractivity contribution is 7.81. The number of benzene rings is 4. The molecule has 0 aromatic heterocycles. The summed E-state index contributed by atoms with van der Waals surface area (Å²) in [6, 6.07) is 19.9. The number of hydrogen-bond acceptors (Lipinski definition) is 10. The first-order valence-electron chi connectivity index (χ1n) is 19.6. The molecule has 10 heteroatoms. The largest absolute Gasteiger partial charge is 0.508 e. The van der Waals surface area contributed by atoms with Crippen molar-refractivity contribution in [1.82, 2.24) is 0 Å². The van der Waals surface area contributed by atoms with Gasteiger partial charge >= 0.3 is 5.97 Å². The van der Waals surface area contributed by atoms with Crippen molar-refractivity contribution < 1.29 is 45.3 Å². The van der Waals surface area contributed by atoms with Crippen LogP contribution in [0.25, 0.3) is 0 Å². The predicted molar refractivity (Wildman–Crippen MR) is 232 cm³/mol. The van der Waals surface area contributed by atoms with Crippen molar-refractivity contribution in [1.29, 1.82) is 0 Å². The Morgan fingerprint density at radius 2 is 0.741 bits per heavy atom. The second-order valence-corrected chi connectivity index (χ2v) is 20.6. The molecule has 0 heterocycles. The minimum Gasteiger partial charge on any atom is -0.508 e. The van der Waals surface area contributed by atoms with Gasteiger partial charge in [-0.15, -0.1) is 0 Å². The number of hydrogen-bond donors (Lipinski definition) is 8. The van der Waals surface area contributed by atoms with Gasteiger partial charge in [0, 0.05) is 0 Å². The van der Waals surface area contributed by atoms with Crippen molar-refractivity contribution in [3.8, 4) is 23.0 Å². The van der Waals surface area contributed by atoms with Crippen LogP contribution in [-0.4, -0.2) is 68.1 Å². The zero-order valence-corrected chi connectivity index (χ0v) is 37.0. The number of thiol groups is 1. The minimum atomic E-state index is -2.08. The van der Waals surface area contributed by atoms with Crippen molar-refractivity contribution in [3.05, 3.63) is 117 Å². The Bertz CT molecular complexity index is 1990. The van der Waals surface area contributed by atoms with Crippen LogP contribution in [0.15, 0.2) is 72.8 Å². The maximum atomic E-state index is 16.1. The van der Waals surface area contributed by atoms with Crippen LogP contribution >= 0.6 is 12.6 Å². The van der Waals surface area contributed by atoms with Crippen molar-refractivity contribution in [3.63, 3.8) is 0 Å². The number of aromatic hydroxyl groups is 4. The van der Waals surface area contributed by atoms with Crippen LogP contribution < -0.4 is 0 Å². The summed E-state index contributed by atoms with van der Waals surface area (Å²) >= 11 is 5.76. The fourth-order valence-electron chi connectivity index (χ4n) is 7.65. The van der Waals surface area contributed by atoms with Crippen LogP contribution in [0.2, 0.25) is 0 Å². The molecule has 4 aromatic carbocycles. The van der Waals surface area contributed by atoms with Crippen LogP contribution in [0.3, 0.4) is 0 Å². The minimum absolute atomic E-state index is 0.0106. The molecular weight excluding hydrogens is 753 g/mol. The molecule has 316 valence electrons. The van der Waals surface area contributed by atoms with Gasteiger partial charge in [0.2, 0.25) is 0 Å². The Kier molecular flexibility index (Phi) is 12.9. The van der Waals surface area contributed by atoms with E-state index in [1.807, 2.05) is 95.2 Å². The Morgan fingerprint density at radius 1 is 0.483 bits per heavy atom. The lowest BCUT2D eigenvalue weighted by Gasteiger charge is -2.49. The smallest absolute Gasteiger partial charge is 0.323 e. The molecule has 0 unspecified atom stereocenters. The molecule has 0 bridgehead atoms. The van der Waals surface area contributed by atoms with Gasteiger partial charge in [-0.25, -0.2) is 0 Å². The summed E-state index contributed by atoms with van der Waals surface area (Å²) in [5.74, 6) is -0.862. The van der Waals surface area contributed by atoms with Gasteiger partial charge in [0.25, 0.3) is 0 Å². The van der Waals surface area contributed by atoms with Crippen molar-refractivity contribution in [2.24, 2.45) is 5.41 Å². The van der Waals surface area contributed by atoms with Gasteiger partial charge in [0.15, 0.2) is 0 Å². The molecule has 0 amide bonds. The summed E-state index contributed by atoms with van der Waals surface area (Å²) in [6.45, 7) is 20.6. The molecule has 0 spiro atoms. The zero-order chi connectivity index (χ0) is 44.0. The molecule has 0 saturated heterocycles. The number of carbonyl (C=O) groups excluding carboxylic acids is 1. The van der Waals surface area contributed by atoms with Gasteiger partial charge in [0.05, 0.1) is 30.0 Å². The van der Waals surface area contributed by atoms with E-state index in [0.29, 0.717) is 44.5 Å². The normalized spacial score (nSPS) is 13.4. The summed E-state index contributed by atoms with van der Waals surface area (Å²) in [6.07, 6.45) is 0. The van der Waals surface area contributed by atoms with E-state index < -0.39 is 69.6 Å². The maximum Gasteiger partial charge on any atom is 0.323 e. The third-order valence-electron chi connectivity index (χ3n) is 11.3. The maximum absolute atomic E-state index is 16.1.